The molecule has 0 saturated carbocycles. The van der Waals surface area contributed by atoms with Crippen molar-refractivity contribution in [3.63, 3.8) is 0 Å². The van der Waals surface area contributed by atoms with E-state index < -0.39 is 0 Å². The highest BCUT2D eigenvalue weighted by atomic mass is 79.9. The van der Waals surface area contributed by atoms with Crippen LogP contribution in [0.2, 0.25) is 0 Å². The summed E-state index contributed by atoms with van der Waals surface area (Å²) in [6.07, 6.45) is 0. The van der Waals surface area contributed by atoms with E-state index in [0.29, 0.717) is 0 Å². The smallest absolute Gasteiger partial charge is 0.129 e. The Morgan fingerprint density at radius 2 is 2.00 bits per heavy atom. The second kappa shape index (κ2) is 7.69. The first-order valence-corrected chi connectivity index (χ1v) is 6.87. The van der Waals surface area contributed by atoms with Gasteiger partial charge in [-0.2, -0.15) is 0 Å². The van der Waals surface area contributed by atoms with Crippen LogP contribution in [-0.4, -0.2) is 36.2 Å². The van der Waals surface area contributed by atoms with Crippen LogP contribution in [0.3, 0.4) is 0 Å². The monoisotopic (exact) mass is 300 g/mol. The van der Waals surface area contributed by atoms with Gasteiger partial charge in [0.05, 0.1) is 4.47 Å². The summed E-state index contributed by atoms with van der Waals surface area (Å²) in [4.78, 5) is 2.39. The van der Waals surface area contributed by atoms with E-state index in [2.05, 4.69) is 40.0 Å². The Morgan fingerprint density at radius 1 is 1.29 bits per heavy atom. The standard InChI is InChI=1S/C13H21BrN2O/c1-3-16(4-2)8-7-15-10-11-5-6-13(17)12(14)9-11/h5-6,9,15,17H,3-4,7-8,10H2,1-2H3. The Bertz CT molecular complexity index is 340. The van der Waals surface area contributed by atoms with E-state index in [0.717, 1.165) is 37.2 Å². The predicted molar refractivity (Wildman–Crippen MR) is 75.3 cm³/mol. The number of aromatic hydroxyl groups is 1. The Hall–Kier alpha value is -0.580. The van der Waals surface area contributed by atoms with Crippen molar-refractivity contribution in [3.8, 4) is 5.75 Å². The van der Waals surface area contributed by atoms with E-state index in [1.54, 1.807) is 6.07 Å². The molecule has 0 spiro atoms. The van der Waals surface area contributed by atoms with Crippen molar-refractivity contribution >= 4 is 15.9 Å². The Balaban J connectivity index is 2.28. The molecule has 1 rings (SSSR count). The lowest BCUT2D eigenvalue weighted by molar-refractivity contribution is 0.302. The van der Waals surface area contributed by atoms with Gasteiger partial charge in [0.1, 0.15) is 5.75 Å². The molecule has 0 fully saturated rings. The number of rotatable bonds is 7. The fourth-order valence-electron chi connectivity index (χ4n) is 1.67. The summed E-state index contributed by atoms with van der Waals surface area (Å²) >= 11 is 3.31. The SMILES string of the molecule is CCN(CC)CCNCc1ccc(O)c(Br)c1. The lowest BCUT2D eigenvalue weighted by Crippen LogP contribution is -2.31. The number of halogens is 1. The van der Waals surface area contributed by atoms with Gasteiger partial charge in [0.2, 0.25) is 0 Å². The normalized spacial score (nSPS) is 11.1. The molecule has 17 heavy (non-hydrogen) atoms. The Morgan fingerprint density at radius 3 is 2.59 bits per heavy atom. The summed E-state index contributed by atoms with van der Waals surface area (Å²) < 4.78 is 0.751. The number of phenols is 1. The molecule has 0 aliphatic rings. The van der Waals surface area contributed by atoms with Gasteiger partial charge in [-0.25, -0.2) is 0 Å². The molecule has 3 nitrogen and oxygen atoms in total. The fraction of sp³-hybridized carbons (Fsp3) is 0.538. The van der Waals surface area contributed by atoms with Crippen LogP contribution in [0, 0.1) is 0 Å². The number of hydrogen-bond acceptors (Lipinski definition) is 3. The van der Waals surface area contributed by atoms with Gasteiger partial charge in [-0.3, -0.25) is 0 Å². The van der Waals surface area contributed by atoms with Crippen LogP contribution in [0.1, 0.15) is 19.4 Å². The van der Waals surface area contributed by atoms with Crippen LogP contribution in [-0.2, 0) is 6.54 Å². The minimum atomic E-state index is 0.289. The zero-order valence-corrected chi connectivity index (χ0v) is 12.1. The molecule has 96 valence electrons. The van der Waals surface area contributed by atoms with Crippen molar-refractivity contribution in [2.24, 2.45) is 0 Å². The van der Waals surface area contributed by atoms with Crippen LogP contribution in [0.15, 0.2) is 22.7 Å². The van der Waals surface area contributed by atoms with E-state index in [1.165, 1.54) is 5.56 Å². The van der Waals surface area contributed by atoms with Gasteiger partial charge in [0.25, 0.3) is 0 Å². The molecule has 0 aliphatic carbocycles. The molecule has 0 unspecified atom stereocenters. The highest BCUT2D eigenvalue weighted by Gasteiger charge is 2.00. The topological polar surface area (TPSA) is 35.5 Å². The highest BCUT2D eigenvalue weighted by Crippen LogP contribution is 2.23. The number of likely N-dealkylation sites (N-methyl/N-ethyl adjacent to an activating group) is 1. The predicted octanol–water partition coefficient (Wildman–Crippen LogP) is 2.59. The number of hydrogen-bond donors (Lipinski definition) is 2. The van der Waals surface area contributed by atoms with E-state index in [9.17, 15) is 5.11 Å². The van der Waals surface area contributed by atoms with Crippen LogP contribution in [0.4, 0.5) is 0 Å². The summed E-state index contributed by atoms with van der Waals surface area (Å²) in [5, 5.41) is 12.8. The zero-order valence-electron chi connectivity index (χ0n) is 10.5. The first-order chi connectivity index (χ1) is 8.17. The van der Waals surface area contributed by atoms with E-state index in [4.69, 9.17) is 0 Å². The number of benzene rings is 1. The maximum atomic E-state index is 9.38. The van der Waals surface area contributed by atoms with Gasteiger partial charge >= 0.3 is 0 Å². The molecule has 2 N–H and O–H groups in total. The molecule has 0 aromatic heterocycles. The van der Waals surface area contributed by atoms with Crippen LogP contribution < -0.4 is 5.32 Å². The number of phenolic OH excluding ortho intramolecular Hbond substituents is 1. The van der Waals surface area contributed by atoms with Crippen molar-refractivity contribution in [1.29, 1.82) is 0 Å². The Kier molecular flexibility index (Phi) is 6.55. The lowest BCUT2D eigenvalue weighted by Gasteiger charge is -2.18. The third-order valence-electron chi connectivity index (χ3n) is 2.84. The van der Waals surface area contributed by atoms with E-state index in [1.807, 2.05) is 12.1 Å². The van der Waals surface area contributed by atoms with Crippen molar-refractivity contribution in [1.82, 2.24) is 10.2 Å². The average Bonchev–Trinajstić information content (AvgIpc) is 2.34. The van der Waals surface area contributed by atoms with Crippen LogP contribution in [0.25, 0.3) is 0 Å². The molecule has 0 atom stereocenters. The van der Waals surface area contributed by atoms with Gasteiger partial charge in [-0.05, 0) is 46.7 Å². The molecule has 1 aromatic rings. The van der Waals surface area contributed by atoms with Crippen LogP contribution >= 0.6 is 15.9 Å². The molecule has 0 radical (unpaired) electrons. The zero-order chi connectivity index (χ0) is 12.7. The fourth-order valence-corrected chi connectivity index (χ4v) is 2.10. The van der Waals surface area contributed by atoms with Crippen molar-refractivity contribution in [2.45, 2.75) is 20.4 Å². The largest absolute Gasteiger partial charge is 0.507 e. The molecule has 0 aliphatic heterocycles. The molecule has 0 amide bonds. The molecule has 1 aromatic carbocycles. The Labute approximate surface area is 112 Å². The van der Waals surface area contributed by atoms with Gasteiger partial charge in [-0.1, -0.05) is 19.9 Å². The molecular formula is C13H21BrN2O. The second-order valence-corrected chi connectivity index (χ2v) is 4.84. The molecule has 0 bridgehead atoms. The number of nitrogens with zero attached hydrogens (tertiary/aromatic N) is 1. The van der Waals surface area contributed by atoms with Crippen LogP contribution in [0.5, 0.6) is 5.75 Å². The minimum Gasteiger partial charge on any atom is -0.507 e. The average molecular weight is 301 g/mol. The van der Waals surface area contributed by atoms with Crippen molar-refractivity contribution in [2.75, 3.05) is 26.2 Å². The summed E-state index contributed by atoms with van der Waals surface area (Å²) in [5.74, 6) is 0.289. The molecule has 0 saturated heterocycles. The lowest BCUT2D eigenvalue weighted by atomic mass is 10.2. The van der Waals surface area contributed by atoms with Gasteiger partial charge in [0, 0.05) is 19.6 Å². The molecular weight excluding hydrogens is 280 g/mol. The molecule has 4 heteroatoms. The first kappa shape index (κ1) is 14.5. The van der Waals surface area contributed by atoms with Gasteiger partial charge < -0.3 is 15.3 Å². The molecule has 0 heterocycles. The summed E-state index contributed by atoms with van der Waals surface area (Å²) in [6.45, 7) is 9.46. The van der Waals surface area contributed by atoms with E-state index in [-0.39, 0.29) is 5.75 Å². The summed E-state index contributed by atoms with van der Waals surface area (Å²) in [5.41, 5.74) is 1.18. The summed E-state index contributed by atoms with van der Waals surface area (Å²) in [6, 6.07) is 5.59. The third kappa shape index (κ3) is 5.06. The first-order valence-electron chi connectivity index (χ1n) is 6.07. The maximum absolute atomic E-state index is 9.38. The van der Waals surface area contributed by atoms with Crippen molar-refractivity contribution in [3.05, 3.63) is 28.2 Å². The quantitative estimate of drug-likeness (QED) is 0.760. The third-order valence-corrected chi connectivity index (χ3v) is 3.48. The van der Waals surface area contributed by atoms with E-state index >= 15 is 0 Å². The van der Waals surface area contributed by atoms with Gasteiger partial charge in [-0.15, -0.1) is 0 Å². The second-order valence-electron chi connectivity index (χ2n) is 3.99. The van der Waals surface area contributed by atoms with Gasteiger partial charge in [0.15, 0.2) is 0 Å². The maximum Gasteiger partial charge on any atom is 0.129 e. The highest BCUT2D eigenvalue weighted by molar-refractivity contribution is 9.10. The van der Waals surface area contributed by atoms with Crippen molar-refractivity contribution < 1.29 is 5.11 Å². The summed E-state index contributed by atoms with van der Waals surface area (Å²) in [7, 11) is 0. The minimum absolute atomic E-state index is 0.289. The number of nitrogens with one attached hydrogen (secondary N) is 1.